The Bertz CT molecular complexity index is 549. The van der Waals surface area contributed by atoms with Crippen molar-refractivity contribution in [2.75, 3.05) is 13.2 Å². The molecule has 1 heterocycles. The van der Waals surface area contributed by atoms with Gasteiger partial charge in [0, 0.05) is 21.8 Å². The van der Waals surface area contributed by atoms with Crippen LogP contribution < -0.4 is 10.1 Å². The topological polar surface area (TPSA) is 21.3 Å². The van der Waals surface area contributed by atoms with Crippen LogP contribution in [0.4, 0.5) is 0 Å². The zero-order chi connectivity index (χ0) is 12.4. The molecule has 1 atom stereocenters. The Labute approximate surface area is 112 Å². The van der Waals surface area contributed by atoms with Gasteiger partial charge >= 0.3 is 0 Å². The maximum Gasteiger partial charge on any atom is 0.127 e. The van der Waals surface area contributed by atoms with Gasteiger partial charge in [-0.05, 0) is 31.5 Å². The Morgan fingerprint density at radius 2 is 2.00 bits per heavy atom. The minimum atomic E-state index is 0.486. The van der Waals surface area contributed by atoms with Crippen molar-refractivity contribution >= 4 is 22.4 Å². The molecule has 0 aliphatic carbocycles. The number of rotatable bonds is 3. The van der Waals surface area contributed by atoms with Gasteiger partial charge in [-0.3, -0.25) is 0 Å². The first kappa shape index (κ1) is 11.8. The Kier molecular flexibility index (Phi) is 3.39. The first-order valence-corrected chi connectivity index (χ1v) is 6.76. The van der Waals surface area contributed by atoms with E-state index < -0.39 is 0 Å². The molecule has 0 bridgehead atoms. The zero-order valence-electron chi connectivity index (χ0n) is 10.2. The summed E-state index contributed by atoms with van der Waals surface area (Å²) in [4.78, 5) is 0. The molecule has 1 saturated heterocycles. The van der Waals surface area contributed by atoms with E-state index in [0.717, 1.165) is 34.7 Å². The van der Waals surface area contributed by atoms with Gasteiger partial charge in [0.05, 0.1) is 0 Å². The number of benzene rings is 2. The monoisotopic (exact) mass is 261 g/mol. The van der Waals surface area contributed by atoms with Crippen LogP contribution in [0.15, 0.2) is 36.4 Å². The predicted octanol–water partition coefficient (Wildman–Crippen LogP) is 3.62. The van der Waals surface area contributed by atoms with Gasteiger partial charge in [0.2, 0.25) is 0 Å². The van der Waals surface area contributed by atoms with Gasteiger partial charge in [-0.15, -0.1) is 0 Å². The Morgan fingerprint density at radius 1 is 1.17 bits per heavy atom. The van der Waals surface area contributed by atoms with Gasteiger partial charge in [-0.1, -0.05) is 35.9 Å². The predicted molar refractivity (Wildman–Crippen MR) is 75.5 cm³/mol. The maximum absolute atomic E-state index is 6.19. The lowest BCUT2D eigenvalue weighted by Gasteiger charge is -2.14. The van der Waals surface area contributed by atoms with Gasteiger partial charge in [-0.2, -0.15) is 0 Å². The van der Waals surface area contributed by atoms with E-state index in [9.17, 15) is 0 Å². The minimum absolute atomic E-state index is 0.486. The molecule has 2 nitrogen and oxygen atoms in total. The summed E-state index contributed by atoms with van der Waals surface area (Å²) >= 11 is 6.19. The molecule has 18 heavy (non-hydrogen) atoms. The van der Waals surface area contributed by atoms with Crippen LogP contribution in [-0.4, -0.2) is 19.2 Å². The Hall–Kier alpha value is -1.25. The SMILES string of the molecule is Clc1ccc(OCC2CCCN2)c2ccccc12. The van der Waals surface area contributed by atoms with Crippen LogP contribution in [0.2, 0.25) is 5.02 Å². The number of nitrogens with one attached hydrogen (secondary N) is 1. The summed E-state index contributed by atoms with van der Waals surface area (Å²) in [5.41, 5.74) is 0. The molecule has 1 fully saturated rings. The Morgan fingerprint density at radius 3 is 2.78 bits per heavy atom. The third-order valence-electron chi connectivity index (χ3n) is 3.43. The fourth-order valence-electron chi connectivity index (χ4n) is 2.45. The fraction of sp³-hybridized carbons (Fsp3) is 0.333. The van der Waals surface area contributed by atoms with E-state index in [1.54, 1.807) is 0 Å². The summed E-state index contributed by atoms with van der Waals surface area (Å²) in [7, 11) is 0. The van der Waals surface area contributed by atoms with Gasteiger partial charge in [0.15, 0.2) is 0 Å². The van der Waals surface area contributed by atoms with E-state index in [4.69, 9.17) is 16.3 Å². The van der Waals surface area contributed by atoms with Crippen molar-refractivity contribution in [1.29, 1.82) is 0 Å². The summed E-state index contributed by atoms with van der Waals surface area (Å²) in [5, 5.41) is 6.35. The molecule has 0 saturated carbocycles. The standard InChI is InChI=1S/C15H16ClNO/c16-14-7-8-15(13-6-2-1-5-12(13)14)18-10-11-4-3-9-17-11/h1-2,5-8,11,17H,3-4,9-10H2. The van der Waals surface area contributed by atoms with Crippen LogP contribution in [0.3, 0.4) is 0 Å². The number of fused-ring (bicyclic) bond motifs is 1. The second-order valence-corrected chi connectivity index (χ2v) is 5.10. The fourth-order valence-corrected chi connectivity index (χ4v) is 2.68. The van der Waals surface area contributed by atoms with Crippen molar-refractivity contribution in [3.8, 4) is 5.75 Å². The highest BCUT2D eigenvalue weighted by Crippen LogP contribution is 2.31. The van der Waals surface area contributed by atoms with Crippen molar-refractivity contribution in [3.05, 3.63) is 41.4 Å². The molecule has 1 unspecified atom stereocenters. The van der Waals surface area contributed by atoms with E-state index in [2.05, 4.69) is 11.4 Å². The molecular formula is C15H16ClNO. The largest absolute Gasteiger partial charge is 0.491 e. The molecule has 0 radical (unpaired) electrons. The highest BCUT2D eigenvalue weighted by Gasteiger charge is 2.15. The number of hydrogen-bond acceptors (Lipinski definition) is 2. The quantitative estimate of drug-likeness (QED) is 0.911. The molecule has 2 aromatic rings. The lowest BCUT2D eigenvalue weighted by Crippen LogP contribution is -2.28. The van der Waals surface area contributed by atoms with Crippen molar-refractivity contribution in [1.82, 2.24) is 5.32 Å². The van der Waals surface area contributed by atoms with Crippen LogP contribution in [0.1, 0.15) is 12.8 Å². The summed E-state index contributed by atoms with van der Waals surface area (Å²) < 4.78 is 5.94. The molecule has 3 rings (SSSR count). The average Bonchev–Trinajstić information content (AvgIpc) is 2.92. The van der Waals surface area contributed by atoms with Crippen LogP contribution >= 0.6 is 11.6 Å². The van der Waals surface area contributed by atoms with E-state index in [1.807, 2.05) is 30.3 Å². The third kappa shape index (κ3) is 2.31. The summed E-state index contributed by atoms with van der Waals surface area (Å²) in [5.74, 6) is 0.920. The normalized spacial score (nSPS) is 19.3. The maximum atomic E-state index is 6.19. The molecular weight excluding hydrogens is 246 g/mol. The molecule has 0 spiro atoms. The third-order valence-corrected chi connectivity index (χ3v) is 3.76. The lowest BCUT2D eigenvalue weighted by atomic mass is 10.1. The molecule has 0 amide bonds. The summed E-state index contributed by atoms with van der Waals surface area (Å²) in [6.07, 6.45) is 2.45. The van der Waals surface area contributed by atoms with E-state index in [1.165, 1.54) is 12.8 Å². The van der Waals surface area contributed by atoms with Crippen molar-refractivity contribution < 1.29 is 4.74 Å². The molecule has 1 aliphatic rings. The van der Waals surface area contributed by atoms with Crippen molar-refractivity contribution in [3.63, 3.8) is 0 Å². The average molecular weight is 262 g/mol. The number of hydrogen-bond donors (Lipinski definition) is 1. The highest BCUT2D eigenvalue weighted by molar-refractivity contribution is 6.35. The lowest BCUT2D eigenvalue weighted by molar-refractivity contribution is 0.280. The van der Waals surface area contributed by atoms with Crippen molar-refractivity contribution in [2.45, 2.75) is 18.9 Å². The van der Waals surface area contributed by atoms with Gasteiger partial charge in [0.25, 0.3) is 0 Å². The molecule has 1 N–H and O–H groups in total. The summed E-state index contributed by atoms with van der Waals surface area (Å²) in [6.45, 7) is 1.83. The van der Waals surface area contributed by atoms with Gasteiger partial charge in [-0.25, -0.2) is 0 Å². The second kappa shape index (κ2) is 5.17. The minimum Gasteiger partial charge on any atom is -0.491 e. The van der Waals surface area contributed by atoms with Gasteiger partial charge < -0.3 is 10.1 Å². The van der Waals surface area contributed by atoms with Crippen LogP contribution in [0, 0.1) is 0 Å². The molecule has 3 heteroatoms. The van der Waals surface area contributed by atoms with E-state index >= 15 is 0 Å². The van der Waals surface area contributed by atoms with Crippen LogP contribution in [0.5, 0.6) is 5.75 Å². The molecule has 2 aromatic carbocycles. The summed E-state index contributed by atoms with van der Waals surface area (Å²) in [6, 6.07) is 12.4. The van der Waals surface area contributed by atoms with Gasteiger partial charge in [0.1, 0.15) is 12.4 Å². The smallest absolute Gasteiger partial charge is 0.127 e. The number of ether oxygens (including phenoxy) is 1. The first-order valence-electron chi connectivity index (χ1n) is 6.38. The molecule has 0 aromatic heterocycles. The first-order chi connectivity index (χ1) is 8.84. The molecule has 94 valence electrons. The molecule has 1 aliphatic heterocycles. The van der Waals surface area contributed by atoms with E-state index in [-0.39, 0.29) is 0 Å². The van der Waals surface area contributed by atoms with E-state index in [0.29, 0.717) is 6.04 Å². The zero-order valence-corrected chi connectivity index (χ0v) is 10.9. The highest BCUT2D eigenvalue weighted by atomic mass is 35.5. The Balaban J connectivity index is 1.85. The second-order valence-electron chi connectivity index (χ2n) is 4.70. The van der Waals surface area contributed by atoms with Crippen LogP contribution in [0.25, 0.3) is 10.8 Å². The number of halogens is 1. The van der Waals surface area contributed by atoms with Crippen molar-refractivity contribution in [2.24, 2.45) is 0 Å². The van der Waals surface area contributed by atoms with Crippen LogP contribution in [-0.2, 0) is 0 Å².